The molecule has 1 aliphatic heterocycles. The zero-order valence-electron chi connectivity index (χ0n) is 20.4. The van der Waals surface area contributed by atoms with Crippen molar-refractivity contribution in [3.05, 3.63) is 47.0 Å². The van der Waals surface area contributed by atoms with Crippen LogP contribution in [0.1, 0.15) is 59.7 Å². The van der Waals surface area contributed by atoms with Gasteiger partial charge in [0.05, 0.1) is 18.9 Å². The minimum atomic E-state index is 0.0785. The van der Waals surface area contributed by atoms with Gasteiger partial charge in [-0.3, -0.25) is 9.89 Å². The predicted octanol–water partition coefficient (Wildman–Crippen LogP) is 4.34. The zero-order valence-corrected chi connectivity index (χ0v) is 20.4. The Kier molecular flexibility index (Phi) is 7.95. The number of unbranched alkanes of at least 4 members (excludes halogenated alkanes) is 3. The van der Waals surface area contributed by atoms with E-state index in [0.717, 1.165) is 92.8 Å². The van der Waals surface area contributed by atoms with Crippen molar-refractivity contribution in [2.45, 2.75) is 59.3 Å². The zero-order chi connectivity index (χ0) is 23.9. The molecule has 9 nitrogen and oxygen atoms in total. The first-order chi connectivity index (χ1) is 16.5. The first-order valence-electron chi connectivity index (χ1n) is 12.2. The summed E-state index contributed by atoms with van der Waals surface area (Å²) in [6.45, 7) is 9.07. The largest absolute Gasteiger partial charge is 0.378 e. The number of ether oxygens (including phenoxy) is 1. The highest BCUT2D eigenvalue weighted by molar-refractivity contribution is 5.78. The molecule has 0 radical (unpaired) electrons. The number of nitrogens with one attached hydrogen (secondary N) is 2. The summed E-state index contributed by atoms with van der Waals surface area (Å²) >= 11 is 0. The molecule has 0 atom stereocenters. The number of aryl methyl sites for hydroxylation is 4. The Morgan fingerprint density at radius 2 is 1.82 bits per heavy atom. The van der Waals surface area contributed by atoms with Crippen LogP contribution in [0, 0.1) is 20.8 Å². The maximum Gasteiger partial charge on any atom is 0.247 e. The second-order valence-electron chi connectivity index (χ2n) is 9.01. The third-order valence-electron chi connectivity index (χ3n) is 6.02. The molecule has 9 heteroatoms. The summed E-state index contributed by atoms with van der Waals surface area (Å²) in [5, 5.41) is 14.9. The maximum absolute atomic E-state index is 12.4. The van der Waals surface area contributed by atoms with E-state index < -0.39 is 0 Å². The second kappa shape index (κ2) is 11.3. The lowest BCUT2D eigenvalue weighted by Crippen LogP contribution is -2.36. The molecule has 4 heterocycles. The van der Waals surface area contributed by atoms with Crippen LogP contribution in [0.15, 0.2) is 24.3 Å². The van der Waals surface area contributed by atoms with Gasteiger partial charge < -0.3 is 15.0 Å². The van der Waals surface area contributed by atoms with E-state index >= 15 is 0 Å². The minimum Gasteiger partial charge on any atom is -0.378 e. The van der Waals surface area contributed by atoms with Crippen molar-refractivity contribution in [1.82, 2.24) is 25.0 Å². The van der Waals surface area contributed by atoms with E-state index in [4.69, 9.17) is 9.72 Å². The van der Waals surface area contributed by atoms with Crippen LogP contribution in [0.5, 0.6) is 0 Å². The predicted molar refractivity (Wildman–Crippen MR) is 133 cm³/mol. The number of morpholine rings is 1. The molecule has 0 amide bonds. The van der Waals surface area contributed by atoms with Crippen LogP contribution in [-0.2, 0) is 11.2 Å². The normalized spacial score (nSPS) is 13.9. The fourth-order valence-electron chi connectivity index (χ4n) is 4.30. The van der Waals surface area contributed by atoms with E-state index in [0.29, 0.717) is 6.42 Å². The molecule has 1 saturated heterocycles. The van der Waals surface area contributed by atoms with Gasteiger partial charge in [-0.1, -0.05) is 12.8 Å². The summed E-state index contributed by atoms with van der Waals surface area (Å²) in [5.74, 6) is 1.65. The van der Waals surface area contributed by atoms with Crippen molar-refractivity contribution in [3.63, 3.8) is 0 Å². The first kappa shape index (κ1) is 23.9. The average Bonchev–Trinajstić information content (AvgIpc) is 3.39. The number of aromatic amines is 1. The molecule has 0 bridgehead atoms. The number of anilines is 3. The van der Waals surface area contributed by atoms with E-state index in [1.54, 1.807) is 0 Å². The van der Waals surface area contributed by atoms with E-state index in [1.165, 1.54) is 10.4 Å². The minimum absolute atomic E-state index is 0.0785. The summed E-state index contributed by atoms with van der Waals surface area (Å²) < 4.78 is 7.05. The lowest BCUT2D eigenvalue weighted by Gasteiger charge is -2.29. The molecule has 0 spiro atoms. The highest BCUT2D eigenvalue weighted by Gasteiger charge is 2.14. The number of carbonyl (C=O) groups excluding carboxylic acids is 1. The Bertz CT molecular complexity index is 1100. The average molecular weight is 466 g/mol. The molecular weight excluding hydrogens is 430 g/mol. The molecule has 0 aromatic carbocycles. The van der Waals surface area contributed by atoms with Crippen molar-refractivity contribution in [1.29, 1.82) is 0 Å². The van der Waals surface area contributed by atoms with Gasteiger partial charge in [-0.05, 0) is 52.2 Å². The number of hydrogen-bond donors (Lipinski definition) is 2. The van der Waals surface area contributed by atoms with E-state index in [2.05, 4.69) is 37.6 Å². The Morgan fingerprint density at radius 3 is 2.53 bits per heavy atom. The lowest BCUT2D eigenvalue weighted by atomic mass is 10.1. The van der Waals surface area contributed by atoms with Gasteiger partial charge in [0.25, 0.3) is 0 Å². The van der Waals surface area contributed by atoms with E-state index in [-0.39, 0.29) is 5.91 Å². The quantitative estimate of drug-likeness (QED) is 0.430. The van der Waals surface area contributed by atoms with Crippen LogP contribution < -0.4 is 10.2 Å². The molecule has 182 valence electrons. The van der Waals surface area contributed by atoms with E-state index in [9.17, 15) is 4.79 Å². The van der Waals surface area contributed by atoms with Crippen LogP contribution in [0.3, 0.4) is 0 Å². The topological polar surface area (TPSA) is 101 Å². The van der Waals surface area contributed by atoms with Gasteiger partial charge in [0.15, 0.2) is 5.82 Å². The number of carbonyl (C=O) groups is 1. The third kappa shape index (κ3) is 6.44. The van der Waals surface area contributed by atoms with Gasteiger partial charge >= 0.3 is 0 Å². The monoisotopic (exact) mass is 465 g/mol. The number of hydrogen-bond acceptors (Lipinski definition) is 7. The number of nitrogens with zero attached hydrogens (tertiary/aromatic N) is 5. The Balaban J connectivity index is 1.30. The summed E-state index contributed by atoms with van der Waals surface area (Å²) in [7, 11) is 0. The van der Waals surface area contributed by atoms with Crippen LogP contribution in [0.4, 0.5) is 17.3 Å². The summed E-state index contributed by atoms with van der Waals surface area (Å²) in [6, 6.07) is 8.19. The molecule has 1 aliphatic rings. The highest BCUT2D eigenvalue weighted by Crippen LogP contribution is 2.24. The van der Waals surface area contributed by atoms with Gasteiger partial charge in [0, 0.05) is 54.4 Å². The summed E-state index contributed by atoms with van der Waals surface area (Å²) in [6.07, 6.45) is 5.43. The SMILES string of the molecule is Cc1cc(C)n(C(=O)CCCCCCc2cc(N3CCOCC3)cc(Nc3cc(C)[nH]n3)n2)n1. The molecule has 3 aromatic rings. The van der Waals surface area contributed by atoms with Crippen molar-refractivity contribution >= 4 is 23.2 Å². The maximum atomic E-state index is 12.4. The van der Waals surface area contributed by atoms with Crippen molar-refractivity contribution in [2.24, 2.45) is 0 Å². The van der Waals surface area contributed by atoms with Gasteiger partial charge in [-0.25, -0.2) is 9.67 Å². The second-order valence-corrected chi connectivity index (χ2v) is 9.01. The molecule has 4 rings (SSSR count). The molecule has 3 aromatic heterocycles. The number of pyridine rings is 1. The standard InChI is InChI=1S/C25H35N7O2/c1-18-15-24(29-28-18)27-23-17-22(31-10-12-34-13-11-31)16-21(26-23)8-6-4-5-7-9-25(33)32-20(3)14-19(2)30-32/h14-17H,4-13H2,1-3H3,(H2,26,27,28,29). The molecule has 1 fully saturated rings. The van der Waals surface area contributed by atoms with Crippen molar-refractivity contribution < 1.29 is 9.53 Å². The van der Waals surface area contributed by atoms with Crippen LogP contribution in [-0.4, -0.2) is 57.2 Å². The highest BCUT2D eigenvalue weighted by atomic mass is 16.5. The van der Waals surface area contributed by atoms with Crippen molar-refractivity contribution in [2.75, 3.05) is 36.5 Å². The fraction of sp³-hybridized carbons (Fsp3) is 0.520. The van der Waals surface area contributed by atoms with E-state index in [1.807, 2.05) is 32.9 Å². The van der Waals surface area contributed by atoms with Crippen LogP contribution >= 0.6 is 0 Å². The van der Waals surface area contributed by atoms with Crippen LogP contribution in [0.2, 0.25) is 0 Å². The Hall–Kier alpha value is -3.20. The Labute approximate surface area is 200 Å². The van der Waals surface area contributed by atoms with Gasteiger partial charge in [0.2, 0.25) is 5.91 Å². The Morgan fingerprint density at radius 1 is 1.03 bits per heavy atom. The molecule has 0 saturated carbocycles. The molecule has 34 heavy (non-hydrogen) atoms. The number of rotatable bonds is 10. The van der Waals surface area contributed by atoms with Gasteiger partial charge in [0.1, 0.15) is 5.82 Å². The third-order valence-corrected chi connectivity index (χ3v) is 6.02. The smallest absolute Gasteiger partial charge is 0.247 e. The summed E-state index contributed by atoms with van der Waals surface area (Å²) in [4.78, 5) is 19.6. The summed E-state index contributed by atoms with van der Waals surface area (Å²) in [5.41, 5.74) is 5.02. The number of H-pyrrole nitrogens is 1. The first-order valence-corrected chi connectivity index (χ1v) is 12.2. The number of aromatic nitrogens is 5. The lowest BCUT2D eigenvalue weighted by molar-refractivity contribution is 0.0880. The van der Waals surface area contributed by atoms with Crippen molar-refractivity contribution in [3.8, 4) is 0 Å². The molecule has 2 N–H and O–H groups in total. The molecule has 0 aliphatic carbocycles. The van der Waals surface area contributed by atoms with Gasteiger partial charge in [-0.15, -0.1) is 0 Å². The van der Waals surface area contributed by atoms with Gasteiger partial charge in [-0.2, -0.15) is 10.2 Å². The van der Waals surface area contributed by atoms with Crippen LogP contribution in [0.25, 0.3) is 0 Å². The molecule has 0 unspecified atom stereocenters. The molecular formula is C25H35N7O2. The fourth-order valence-corrected chi connectivity index (χ4v) is 4.30.